The van der Waals surface area contributed by atoms with E-state index in [0.29, 0.717) is 0 Å². The lowest BCUT2D eigenvalue weighted by atomic mass is 9.64. The fourth-order valence-corrected chi connectivity index (χ4v) is 4.09. The molecule has 134 valence electrons. The zero-order valence-electron chi connectivity index (χ0n) is 15.3. The van der Waals surface area contributed by atoms with Crippen LogP contribution in [0.5, 0.6) is 0 Å². The molecule has 3 rings (SSSR count). The van der Waals surface area contributed by atoms with Crippen LogP contribution in [0.25, 0.3) is 0 Å². The van der Waals surface area contributed by atoms with E-state index in [1.807, 2.05) is 12.1 Å². The maximum atomic E-state index is 12.8. The number of ketones is 1. The second kappa shape index (κ2) is 8.83. The van der Waals surface area contributed by atoms with Gasteiger partial charge in [0, 0.05) is 17.8 Å². The number of hydrogen-bond donors (Lipinski definition) is 1. The average Bonchev–Trinajstić information content (AvgIpc) is 2.66. The highest BCUT2D eigenvalue weighted by Crippen LogP contribution is 2.40. The van der Waals surface area contributed by atoms with Gasteiger partial charge in [0.05, 0.1) is 6.54 Å². The van der Waals surface area contributed by atoms with Gasteiger partial charge in [-0.2, -0.15) is 0 Å². The molecule has 1 aliphatic carbocycles. The molecule has 1 aliphatic rings. The van der Waals surface area contributed by atoms with Crippen LogP contribution in [-0.2, 0) is 17.6 Å². The number of carbonyl (C=O) groups excluding carboxylic acids is 1. The molecular formula is C24H27NO. The van der Waals surface area contributed by atoms with Crippen LogP contribution < -0.4 is 5.73 Å². The summed E-state index contributed by atoms with van der Waals surface area (Å²) in [4.78, 5) is 12.8. The summed E-state index contributed by atoms with van der Waals surface area (Å²) in [6, 6.07) is 20.8. The molecule has 2 aromatic carbocycles. The van der Waals surface area contributed by atoms with Crippen molar-refractivity contribution >= 4 is 5.78 Å². The lowest BCUT2D eigenvalue weighted by Gasteiger charge is -2.37. The molecule has 0 heterocycles. The van der Waals surface area contributed by atoms with Crippen LogP contribution in [0.2, 0.25) is 0 Å². The number of rotatable bonds is 6. The van der Waals surface area contributed by atoms with Crippen molar-refractivity contribution in [2.75, 3.05) is 6.54 Å². The maximum absolute atomic E-state index is 12.8. The minimum Gasteiger partial charge on any atom is -0.324 e. The molecule has 0 spiro atoms. The molecule has 0 bridgehead atoms. The molecule has 2 nitrogen and oxygen atoms in total. The molecule has 2 N–H and O–H groups in total. The highest BCUT2D eigenvalue weighted by Gasteiger charge is 2.41. The highest BCUT2D eigenvalue weighted by atomic mass is 16.1. The molecule has 0 fully saturated rings. The predicted molar refractivity (Wildman–Crippen MR) is 107 cm³/mol. The first-order chi connectivity index (χ1) is 12.7. The number of nitrogens with two attached hydrogens (primary N) is 1. The van der Waals surface area contributed by atoms with Gasteiger partial charge in [-0.05, 0) is 36.8 Å². The minimum absolute atomic E-state index is 0.0949. The van der Waals surface area contributed by atoms with Gasteiger partial charge in [0.25, 0.3) is 0 Å². The van der Waals surface area contributed by atoms with Crippen molar-refractivity contribution in [2.45, 2.75) is 38.5 Å². The Hall–Kier alpha value is -2.37. The minimum atomic E-state index is -0.389. The van der Waals surface area contributed by atoms with E-state index in [0.717, 1.165) is 38.5 Å². The van der Waals surface area contributed by atoms with Gasteiger partial charge in [-0.25, -0.2) is 0 Å². The van der Waals surface area contributed by atoms with E-state index >= 15 is 0 Å². The normalized spacial score (nSPS) is 18.9. The van der Waals surface area contributed by atoms with Crippen LogP contribution in [0.1, 0.15) is 36.8 Å². The van der Waals surface area contributed by atoms with Gasteiger partial charge in [0.1, 0.15) is 0 Å². The number of hydrogen-bond acceptors (Lipinski definition) is 2. The summed E-state index contributed by atoms with van der Waals surface area (Å²) in [5.74, 6) is 6.99. The summed E-state index contributed by atoms with van der Waals surface area (Å²) in [6.45, 7) is 0.0949. The Kier molecular flexibility index (Phi) is 6.26. The first kappa shape index (κ1) is 18.4. The Morgan fingerprint density at radius 2 is 1.54 bits per heavy atom. The quantitative estimate of drug-likeness (QED) is 0.798. The molecule has 0 radical (unpaired) electrons. The van der Waals surface area contributed by atoms with Crippen LogP contribution in [0.15, 0.2) is 60.7 Å². The zero-order valence-corrected chi connectivity index (χ0v) is 15.3. The zero-order chi connectivity index (χ0) is 18.2. The van der Waals surface area contributed by atoms with Gasteiger partial charge in [-0.3, -0.25) is 4.79 Å². The van der Waals surface area contributed by atoms with E-state index in [2.05, 4.69) is 60.4 Å². The van der Waals surface area contributed by atoms with Gasteiger partial charge in [0.15, 0.2) is 5.78 Å². The van der Waals surface area contributed by atoms with E-state index in [9.17, 15) is 4.79 Å². The summed E-state index contributed by atoms with van der Waals surface area (Å²) in [5, 5.41) is 0. The van der Waals surface area contributed by atoms with Gasteiger partial charge in [-0.15, -0.1) is 5.92 Å². The predicted octanol–water partition coefficient (Wildman–Crippen LogP) is 4.18. The first-order valence-corrected chi connectivity index (χ1v) is 9.54. The Balaban J connectivity index is 2.06. The maximum Gasteiger partial charge on any atom is 0.151 e. The number of Topliss-reactive ketones (excluding diaryl/α,β-unsaturated/α-hetero) is 1. The molecule has 0 aliphatic heterocycles. The smallest absolute Gasteiger partial charge is 0.151 e. The molecule has 1 unspecified atom stereocenters. The molecule has 0 saturated heterocycles. The van der Waals surface area contributed by atoms with Crippen LogP contribution in [0.4, 0.5) is 0 Å². The van der Waals surface area contributed by atoms with Crippen LogP contribution in [0, 0.1) is 23.2 Å². The topological polar surface area (TPSA) is 43.1 Å². The largest absolute Gasteiger partial charge is 0.324 e. The van der Waals surface area contributed by atoms with E-state index in [4.69, 9.17) is 5.73 Å². The Labute approximate surface area is 156 Å². The molecule has 0 aromatic heterocycles. The lowest BCUT2D eigenvalue weighted by Crippen LogP contribution is -2.41. The molecular weight excluding hydrogens is 318 g/mol. The lowest BCUT2D eigenvalue weighted by molar-refractivity contribution is -0.124. The average molecular weight is 345 g/mol. The van der Waals surface area contributed by atoms with E-state index in [1.54, 1.807) is 0 Å². The number of carbonyl (C=O) groups is 1. The van der Waals surface area contributed by atoms with Crippen molar-refractivity contribution in [1.82, 2.24) is 0 Å². The summed E-state index contributed by atoms with van der Waals surface area (Å²) >= 11 is 0. The Bertz CT molecular complexity index is 729. The molecule has 2 aromatic rings. The standard InChI is InChI=1S/C24H27NO/c25-19-23(26)22-15-9-1-2-10-16-24(22,17-20-11-5-3-6-12-20)18-21-13-7-4-8-14-21/h3-8,11-14,22H,1-2,9,15,17-19,25H2. The fraction of sp³-hybridized carbons (Fsp3) is 0.375. The first-order valence-electron chi connectivity index (χ1n) is 9.54. The third kappa shape index (κ3) is 4.42. The second-order valence-corrected chi connectivity index (χ2v) is 7.25. The van der Waals surface area contributed by atoms with E-state index in [1.165, 1.54) is 11.1 Å². The van der Waals surface area contributed by atoms with Crippen molar-refractivity contribution in [2.24, 2.45) is 17.1 Å². The van der Waals surface area contributed by atoms with Crippen molar-refractivity contribution in [3.8, 4) is 11.8 Å². The van der Waals surface area contributed by atoms with Crippen LogP contribution in [0.3, 0.4) is 0 Å². The molecule has 1 atom stereocenters. The van der Waals surface area contributed by atoms with Crippen molar-refractivity contribution in [1.29, 1.82) is 0 Å². The van der Waals surface area contributed by atoms with Gasteiger partial charge in [0.2, 0.25) is 0 Å². The van der Waals surface area contributed by atoms with Gasteiger partial charge >= 0.3 is 0 Å². The molecule has 0 saturated carbocycles. The Morgan fingerprint density at radius 1 is 0.962 bits per heavy atom. The van der Waals surface area contributed by atoms with Crippen molar-refractivity contribution in [3.63, 3.8) is 0 Å². The highest BCUT2D eigenvalue weighted by molar-refractivity contribution is 5.84. The molecule has 26 heavy (non-hydrogen) atoms. The van der Waals surface area contributed by atoms with E-state index in [-0.39, 0.29) is 23.7 Å². The van der Waals surface area contributed by atoms with Crippen LogP contribution in [-0.4, -0.2) is 12.3 Å². The molecule has 0 amide bonds. The van der Waals surface area contributed by atoms with Crippen LogP contribution >= 0.6 is 0 Å². The monoisotopic (exact) mass is 345 g/mol. The van der Waals surface area contributed by atoms with E-state index < -0.39 is 0 Å². The van der Waals surface area contributed by atoms with Crippen molar-refractivity contribution in [3.05, 3.63) is 71.8 Å². The summed E-state index contributed by atoms with van der Waals surface area (Å²) in [6.07, 6.45) is 5.46. The summed E-state index contributed by atoms with van der Waals surface area (Å²) in [5.41, 5.74) is 7.87. The third-order valence-corrected chi connectivity index (χ3v) is 5.36. The number of benzene rings is 2. The fourth-order valence-electron chi connectivity index (χ4n) is 4.09. The van der Waals surface area contributed by atoms with Crippen molar-refractivity contribution < 1.29 is 4.79 Å². The summed E-state index contributed by atoms with van der Waals surface area (Å²) < 4.78 is 0. The second-order valence-electron chi connectivity index (χ2n) is 7.25. The van der Waals surface area contributed by atoms with Gasteiger partial charge < -0.3 is 5.73 Å². The van der Waals surface area contributed by atoms with Gasteiger partial charge in [-0.1, -0.05) is 73.0 Å². The summed E-state index contributed by atoms with van der Waals surface area (Å²) in [7, 11) is 0. The third-order valence-electron chi connectivity index (χ3n) is 5.36. The Morgan fingerprint density at radius 3 is 2.08 bits per heavy atom. The molecule has 2 heteroatoms. The SMILES string of the molecule is NCC(=O)C1CCCCC#CC1(Cc1ccccc1)Cc1ccccc1.